The number of carbonyl (C=O) groups is 2. The van der Waals surface area contributed by atoms with Gasteiger partial charge < -0.3 is 14.2 Å². The molecule has 0 saturated carbocycles. The van der Waals surface area contributed by atoms with Gasteiger partial charge in [0.15, 0.2) is 16.7 Å². The average Bonchev–Trinajstić information content (AvgIpc) is 3.25. The summed E-state index contributed by atoms with van der Waals surface area (Å²) in [5.41, 5.74) is 2.54. The Labute approximate surface area is 183 Å². The van der Waals surface area contributed by atoms with E-state index in [4.69, 9.17) is 14.2 Å². The van der Waals surface area contributed by atoms with Gasteiger partial charge in [-0.25, -0.2) is 9.79 Å². The van der Waals surface area contributed by atoms with E-state index in [2.05, 4.69) is 4.99 Å². The molecule has 3 aliphatic heterocycles. The van der Waals surface area contributed by atoms with Crippen molar-refractivity contribution < 1.29 is 23.8 Å². The van der Waals surface area contributed by atoms with Crippen molar-refractivity contribution in [2.24, 2.45) is 4.99 Å². The van der Waals surface area contributed by atoms with Crippen LogP contribution in [0.5, 0.6) is 11.5 Å². The Balaban J connectivity index is 1.53. The van der Waals surface area contributed by atoms with Crippen LogP contribution in [0.4, 0.5) is 0 Å². The van der Waals surface area contributed by atoms with E-state index < -0.39 is 12.0 Å². The Bertz CT molecular complexity index is 1110. The summed E-state index contributed by atoms with van der Waals surface area (Å²) in [4.78, 5) is 32.3. The zero-order valence-electron chi connectivity index (χ0n) is 16.9. The van der Waals surface area contributed by atoms with E-state index in [9.17, 15) is 9.59 Å². The third kappa shape index (κ3) is 3.67. The number of hydrogen-bond acceptors (Lipinski definition) is 7. The monoisotopic (exact) mass is 436 g/mol. The number of thioether (sulfide) groups is 1. The first kappa shape index (κ1) is 19.7. The number of carbonyl (C=O) groups excluding carboxylic acids is 2. The molecule has 3 aliphatic rings. The van der Waals surface area contributed by atoms with Gasteiger partial charge in [0.05, 0.1) is 17.3 Å². The third-order valence-electron chi connectivity index (χ3n) is 5.35. The summed E-state index contributed by atoms with van der Waals surface area (Å²) in [6.07, 6.45) is 0.385. The molecule has 5 rings (SSSR count). The fourth-order valence-corrected chi connectivity index (χ4v) is 4.86. The summed E-state index contributed by atoms with van der Waals surface area (Å²) in [5, 5.41) is 0.607. The smallest absolute Gasteiger partial charge is 0.338 e. The topological polar surface area (TPSA) is 77.4 Å². The molecule has 0 aromatic heterocycles. The van der Waals surface area contributed by atoms with E-state index in [0.717, 1.165) is 11.1 Å². The number of ether oxygens (including phenoxy) is 3. The second-order valence-corrected chi connectivity index (χ2v) is 8.39. The van der Waals surface area contributed by atoms with E-state index in [1.165, 1.54) is 11.8 Å². The van der Waals surface area contributed by atoms with Gasteiger partial charge in [-0.1, -0.05) is 48.2 Å². The highest BCUT2D eigenvalue weighted by atomic mass is 32.2. The lowest BCUT2D eigenvalue weighted by Gasteiger charge is -2.38. The van der Waals surface area contributed by atoms with Gasteiger partial charge in [-0.15, -0.1) is 0 Å². The molecule has 1 atom stereocenters. The first-order valence-corrected chi connectivity index (χ1v) is 11.0. The number of hydrogen-bond donors (Lipinski definition) is 0. The van der Waals surface area contributed by atoms with Crippen LogP contribution in [0.3, 0.4) is 0 Å². The van der Waals surface area contributed by atoms with Crippen molar-refractivity contribution in [2.75, 3.05) is 12.5 Å². The quantitative estimate of drug-likeness (QED) is 0.679. The SMILES string of the molecule is CC1=C(C(=O)OCc2ccccc2)[C@@H](c2ccc3c(c2)OCO3)N2C(=O)CCSC2=N1. The van der Waals surface area contributed by atoms with Crippen LogP contribution in [0.15, 0.2) is 64.8 Å². The summed E-state index contributed by atoms with van der Waals surface area (Å²) in [6, 6.07) is 14.3. The summed E-state index contributed by atoms with van der Waals surface area (Å²) in [6.45, 7) is 2.07. The number of aliphatic imine (C=N–C) groups is 1. The van der Waals surface area contributed by atoms with E-state index in [-0.39, 0.29) is 19.3 Å². The van der Waals surface area contributed by atoms with Gasteiger partial charge in [0.1, 0.15) is 6.61 Å². The number of rotatable bonds is 4. The molecule has 0 N–H and O–H groups in total. The molecule has 0 spiro atoms. The summed E-state index contributed by atoms with van der Waals surface area (Å²) >= 11 is 1.52. The van der Waals surface area contributed by atoms with E-state index in [0.29, 0.717) is 40.1 Å². The summed E-state index contributed by atoms with van der Waals surface area (Å²) in [5.74, 6) is 1.34. The van der Waals surface area contributed by atoms with Crippen molar-refractivity contribution in [3.63, 3.8) is 0 Å². The highest BCUT2D eigenvalue weighted by Crippen LogP contribution is 2.43. The zero-order chi connectivity index (χ0) is 21.4. The molecule has 0 radical (unpaired) electrons. The molecule has 31 heavy (non-hydrogen) atoms. The Morgan fingerprint density at radius 2 is 2.00 bits per heavy atom. The zero-order valence-corrected chi connectivity index (χ0v) is 17.7. The highest BCUT2D eigenvalue weighted by molar-refractivity contribution is 8.14. The molecule has 2 aromatic rings. The van der Waals surface area contributed by atoms with Crippen LogP contribution in [0.2, 0.25) is 0 Å². The molecule has 1 amide bonds. The molecule has 1 saturated heterocycles. The summed E-state index contributed by atoms with van der Waals surface area (Å²) in [7, 11) is 0. The molecule has 158 valence electrons. The lowest BCUT2D eigenvalue weighted by molar-refractivity contribution is -0.141. The fourth-order valence-electron chi connectivity index (χ4n) is 3.86. The van der Waals surface area contributed by atoms with E-state index >= 15 is 0 Å². The molecule has 0 aliphatic carbocycles. The largest absolute Gasteiger partial charge is 0.457 e. The van der Waals surface area contributed by atoms with Crippen LogP contribution < -0.4 is 9.47 Å². The Hall–Kier alpha value is -3.26. The van der Waals surface area contributed by atoms with Crippen LogP contribution in [-0.2, 0) is 20.9 Å². The normalized spacial score (nSPS) is 19.8. The molecule has 2 aromatic carbocycles. The standard InChI is InChI=1S/C23H20N2O5S/c1-14-20(22(27)28-12-15-5-3-2-4-6-15)21(25-19(26)9-10-31-23(25)24-14)16-7-8-17-18(11-16)30-13-29-17/h2-8,11,21H,9-10,12-13H2,1H3/t21-/m1/s1. The maximum absolute atomic E-state index is 13.2. The van der Waals surface area contributed by atoms with Gasteiger partial charge >= 0.3 is 5.97 Å². The van der Waals surface area contributed by atoms with Crippen molar-refractivity contribution in [3.8, 4) is 11.5 Å². The molecule has 1 fully saturated rings. The van der Waals surface area contributed by atoms with Gasteiger partial charge in [-0.05, 0) is 30.2 Å². The minimum absolute atomic E-state index is 0.0685. The number of amides is 1. The van der Waals surface area contributed by atoms with Crippen molar-refractivity contribution in [3.05, 3.63) is 70.9 Å². The minimum Gasteiger partial charge on any atom is -0.457 e. The number of esters is 1. The Morgan fingerprint density at radius 1 is 1.19 bits per heavy atom. The number of allylic oxidation sites excluding steroid dienone is 1. The molecular formula is C23H20N2O5S. The van der Waals surface area contributed by atoms with Crippen molar-refractivity contribution in [1.29, 1.82) is 0 Å². The predicted octanol–water partition coefficient (Wildman–Crippen LogP) is 3.81. The maximum Gasteiger partial charge on any atom is 0.338 e. The lowest BCUT2D eigenvalue weighted by atomic mass is 9.94. The predicted molar refractivity (Wildman–Crippen MR) is 116 cm³/mol. The lowest BCUT2D eigenvalue weighted by Crippen LogP contribution is -2.45. The van der Waals surface area contributed by atoms with Crippen molar-refractivity contribution in [2.45, 2.75) is 26.0 Å². The Kier molecular flexibility index (Phi) is 5.15. The molecular weight excluding hydrogens is 416 g/mol. The van der Waals surface area contributed by atoms with Crippen molar-refractivity contribution in [1.82, 2.24) is 4.90 Å². The van der Waals surface area contributed by atoms with Gasteiger partial charge in [0.2, 0.25) is 12.7 Å². The first-order chi connectivity index (χ1) is 15.1. The second-order valence-electron chi connectivity index (χ2n) is 7.33. The third-order valence-corrected chi connectivity index (χ3v) is 6.31. The van der Waals surface area contributed by atoms with Crippen LogP contribution in [-0.4, -0.2) is 34.5 Å². The molecule has 3 heterocycles. The van der Waals surface area contributed by atoms with Gasteiger partial charge in [0, 0.05) is 12.2 Å². The fraction of sp³-hybridized carbons (Fsp3) is 0.261. The molecule has 7 nitrogen and oxygen atoms in total. The van der Waals surface area contributed by atoms with E-state index in [1.807, 2.05) is 42.5 Å². The van der Waals surface area contributed by atoms with Crippen LogP contribution in [0, 0.1) is 0 Å². The first-order valence-electron chi connectivity index (χ1n) is 9.97. The summed E-state index contributed by atoms with van der Waals surface area (Å²) < 4.78 is 16.6. The number of nitrogens with zero attached hydrogens (tertiary/aromatic N) is 2. The highest BCUT2D eigenvalue weighted by Gasteiger charge is 2.42. The maximum atomic E-state index is 13.2. The molecule has 8 heteroatoms. The van der Waals surface area contributed by atoms with Gasteiger partial charge in [-0.2, -0.15) is 0 Å². The number of amidine groups is 1. The Morgan fingerprint density at radius 3 is 2.84 bits per heavy atom. The molecule has 0 unspecified atom stereocenters. The van der Waals surface area contributed by atoms with Crippen LogP contribution >= 0.6 is 11.8 Å². The van der Waals surface area contributed by atoms with Gasteiger partial charge in [0.25, 0.3) is 0 Å². The molecule has 0 bridgehead atoms. The average molecular weight is 436 g/mol. The minimum atomic E-state index is -0.634. The van der Waals surface area contributed by atoms with Crippen LogP contribution in [0.1, 0.15) is 30.5 Å². The van der Waals surface area contributed by atoms with Crippen LogP contribution in [0.25, 0.3) is 0 Å². The van der Waals surface area contributed by atoms with Gasteiger partial charge in [-0.3, -0.25) is 9.69 Å². The van der Waals surface area contributed by atoms with Crippen molar-refractivity contribution >= 4 is 28.8 Å². The number of benzene rings is 2. The number of fused-ring (bicyclic) bond motifs is 2. The second kappa shape index (κ2) is 8.11. The van der Waals surface area contributed by atoms with E-state index in [1.54, 1.807) is 17.9 Å².